The zero-order chi connectivity index (χ0) is 12.7. The zero-order valence-corrected chi connectivity index (χ0v) is 9.67. The Labute approximate surface area is 99.7 Å². The van der Waals surface area contributed by atoms with E-state index in [1.54, 1.807) is 0 Å². The number of non-ortho nitro benzene ring substituents is 1. The van der Waals surface area contributed by atoms with Crippen LogP contribution in [0, 0.1) is 10.1 Å². The molecular formula is C9H10N4O3S. The number of azide groups is 1. The summed E-state index contributed by atoms with van der Waals surface area (Å²) in [6.07, 6.45) is 0.521. The Kier molecular flexibility index (Phi) is 5.12. The highest BCUT2D eigenvalue weighted by Gasteiger charge is 2.07. The van der Waals surface area contributed by atoms with E-state index in [9.17, 15) is 14.3 Å². The molecule has 0 spiro atoms. The van der Waals surface area contributed by atoms with Crippen LogP contribution in [0.5, 0.6) is 0 Å². The van der Waals surface area contributed by atoms with Gasteiger partial charge in [0.15, 0.2) is 0 Å². The van der Waals surface area contributed by atoms with Crippen molar-refractivity contribution in [1.82, 2.24) is 0 Å². The number of nitro benzene ring substituents is 1. The fourth-order valence-electron chi connectivity index (χ4n) is 1.15. The van der Waals surface area contributed by atoms with Gasteiger partial charge in [0.2, 0.25) is 0 Å². The predicted octanol–water partition coefficient (Wildman–Crippen LogP) is 2.40. The molecule has 90 valence electrons. The molecule has 0 aliphatic rings. The van der Waals surface area contributed by atoms with Gasteiger partial charge in [-0.3, -0.25) is 14.3 Å². The highest BCUT2D eigenvalue weighted by atomic mass is 32.2. The van der Waals surface area contributed by atoms with Gasteiger partial charge in [-0.2, -0.15) is 0 Å². The van der Waals surface area contributed by atoms with Crippen molar-refractivity contribution < 1.29 is 9.13 Å². The minimum Gasteiger partial charge on any atom is -0.258 e. The van der Waals surface area contributed by atoms with Gasteiger partial charge >= 0.3 is 0 Å². The van der Waals surface area contributed by atoms with E-state index in [4.69, 9.17) is 5.53 Å². The molecule has 1 aromatic rings. The van der Waals surface area contributed by atoms with Crippen LogP contribution >= 0.6 is 0 Å². The Morgan fingerprint density at radius 3 is 2.59 bits per heavy atom. The second kappa shape index (κ2) is 6.62. The lowest BCUT2D eigenvalue weighted by molar-refractivity contribution is -0.384. The molecule has 7 nitrogen and oxygen atoms in total. The molecule has 0 heterocycles. The van der Waals surface area contributed by atoms with Gasteiger partial charge in [0.25, 0.3) is 5.69 Å². The third-order valence-corrected chi connectivity index (χ3v) is 3.42. The predicted molar refractivity (Wildman–Crippen MR) is 63.0 cm³/mol. The van der Waals surface area contributed by atoms with Gasteiger partial charge in [-0.1, -0.05) is 5.11 Å². The summed E-state index contributed by atoms with van der Waals surface area (Å²) >= 11 is 0. The van der Waals surface area contributed by atoms with Crippen LogP contribution in [0.1, 0.15) is 6.42 Å². The molecule has 0 aliphatic carbocycles. The number of rotatable bonds is 6. The molecule has 0 N–H and O–H groups in total. The SMILES string of the molecule is [N-]=[N+]=NCCCS(=O)c1ccc([N+](=O)[O-])cc1. The van der Waals surface area contributed by atoms with E-state index in [-0.39, 0.29) is 5.69 Å². The molecule has 0 aliphatic heterocycles. The highest BCUT2D eigenvalue weighted by Crippen LogP contribution is 2.15. The van der Waals surface area contributed by atoms with E-state index in [2.05, 4.69) is 10.0 Å². The first-order valence-electron chi connectivity index (χ1n) is 4.79. The average molecular weight is 254 g/mol. The number of hydrogen-bond acceptors (Lipinski definition) is 4. The molecule has 0 aromatic heterocycles. The van der Waals surface area contributed by atoms with Gasteiger partial charge in [-0.15, -0.1) is 0 Å². The zero-order valence-electron chi connectivity index (χ0n) is 8.85. The van der Waals surface area contributed by atoms with Crippen LogP contribution in [0.15, 0.2) is 34.3 Å². The van der Waals surface area contributed by atoms with Crippen molar-refractivity contribution in [1.29, 1.82) is 0 Å². The Morgan fingerprint density at radius 2 is 2.06 bits per heavy atom. The second-order valence-corrected chi connectivity index (χ2v) is 4.68. The summed E-state index contributed by atoms with van der Waals surface area (Å²) in [7, 11) is -1.21. The van der Waals surface area contributed by atoms with Crippen molar-refractivity contribution in [2.45, 2.75) is 11.3 Å². The summed E-state index contributed by atoms with van der Waals surface area (Å²) in [4.78, 5) is 13.0. The molecule has 1 unspecified atom stereocenters. The Hall–Kier alpha value is -1.92. The lowest BCUT2D eigenvalue weighted by Crippen LogP contribution is -1.99. The Bertz CT molecular complexity index is 468. The summed E-state index contributed by atoms with van der Waals surface area (Å²) < 4.78 is 11.7. The standard InChI is InChI=1S/C9H10N4O3S/c10-12-11-6-1-7-17(16)9-4-2-8(3-5-9)13(14)15/h2-5H,1,6-7H2. The van der Waals surface area contributed by atoms with Crippen LogP contribution in [0.4, 0.5) is 5.69 Å². The van der Waals surface area contributed by atoms with Crippen LogP contribution in [0.3, 0.4) is 0 Å². The molecule has 0 fully saturated rings. The molecule has 1 atom stereocenters. The van der Waals surface area contributed by atoms with Crippen molar-refractivity contribution >= 4 is 16.5 Å². The van der Waals surface area contributed by atoms with Gasteiger partial charge in [0.05, 0.1) is 15.7 Å². The molecule has 8 heteroatoms. The Balaban J connectivity index is 2.57. The van der Waals surface area contributed by atoms with Crippen molar-refractivity contribution in [3.05, 3.63) is 44.8 Å². The maximum absolute atomic E-state index is 11.7. The van der Waals surface area contributed by atoms with Crippen LogP contribution in [0.2, 0.25) is 0 Å². The third-order valence-electron chi connectivity index (χ3n) is 1.96. The van der Waals surface area contributed by atoms with Crippen molar-refractivity contribution in [3.8, 4) is 0 Å². The smallest absolute Gasteiger partial charge is 0.258 e. The lowest BCUT2D eigenvalue weighted by atomic mass is 10.3. The normalized spacial score (nSPS) is 11.5. The summed E-state index contributed by atoms with van der Waals surface area (Å²) in [5.41, 5.74) is 8.02. The van der Waals surface area contributed by atoms with E-state index >= 15 is 0 Å². The van der Waals surface area contributed by atoms with E-state index in [0.29, 0.717) is 23.6 Å². The fraction of sp³-hybridized carbons (Fsp3) is 0.333. The van der Waals surface area contributed by atoms with Crippen molar-refractivity contribution in [2.75, 3.05) is 12.3 Å². The highest BCUT2D eigenvalue weighted by molar-refractivity contribution is 7.85. The third kappa shape index (κ3) is 4.21. The fourth-order valence-corrected chi connectivity index (χ4v) is 2.22. The van der Waals surface area contributed by atoms with Crippen LogP contribution in [-0.2, 0) is 10.8 Å². The largest absolute Gasteiger partial charge is 0.269 e. The van der Waals surface area contributed by atoms with Crippen molar-refractivity contribution in [2.24, 2.45) is 5.11 Å². The van der Waals surface area contributed by atoms with E-state index in [1.165, 1.54) is 24.3 Å². The first-order valence-corrected chi connectivity index (χ1v) is 6.10. The number of nitro groups is 1. The first-order chi connectivity index (χ1) is 8.15. The summed E-state index contributed by atoms with van der Waals surface area (Å²) in [5.74, 6) is 0.372. The molecule has 0 radical (unpaired) electrons. The Morgan fingerprint density at radius 1 is 1.41 bits per heavy atom. The molecule has 0 saturated heterocycles. The topological polar surface area (TPSA) is 109 Å². The lowest BCUT2D eigenvalue weighted by Gasteiger charge is -2.00. The summed E-state index contributed by atoms with van der Waals surface area (Å²) in [6, 6.07) is 5.59. The summed E-state index contributed by atoms with van der Waals surface area (Å²) in [5, 5.41) is 13.7. The van der Waals surface area contributed by atoms with Gasteiger partial charge in [-0.25, -0.2) is 0 Å². The number of nitrogens with zero attached hydrogens (tertiary/aromatic N) is 4. The molecular weight excluding hydrogens is 244 g/mol. The van der Waals surface area contributed by atoms with E-state index in [1.807, 2.05) is 0 Å². The molecule has 17 heavy (non-hydrogen) atoms. The number of hydrogen-bond donors (Lipinski definition) is 0. The molecule has 1 aromatic carbocycles. The van der Waals surface area contributed by atoms with Crippen LogP contribution < -0.4 is 0 Å². The maximum Gasteiger partial charge on any atom is 0.269 e. The van der Waals surface area contributed by atoms with Gasteiger partial charge in [-0.05, 0) is 24.1 Å². The monoisotopic (exact) mass is 254 g/mol. The van der Waals surface area contributed by atoms with Gasteiger partial charge < -0.3 is 0 Å². The second-order valence-electron chi connectivity index (χ2n) is 3.11. The summed E-state index contributed by atoms with van der Waals surface area (Å²) in [6.45, 7) is 0.301. The molecule has 0 bridgehead atoms. The minimum absolute atomic E-state index is 0.0279. The van der Waals surface area contributed by atoms with E-state index in [0.717, 1.165) is 0 Å². The molecule has 0 amide bonds. The van der Waals surface area contributed by atoms with Crippen LogP contribution in [-0.4, -0.2) is 21.4 Å². The first kappa shape index (κ1) is 13.1. The van der Waals surface area contributed by atoms with E-state index < -0.39 is 15.7 Å². The molecule has 0 saturated carbocycles. The maximum atomic E-state index is 11.7. The molecule has 1 rings (SSSR count). The van der Waals surface area contributed by atoms with Gasteiger partial charge in [0, 0.05) is 34.2 Å². The average Bonchev–Trinajstić information content (AvgIpc) is 2.34. The minimum atomic E-state index is -1.21. The van der Waals surface area contributed by atoms with Gasteiger partial charge in [0.1, 0.15) is 0 Å². The van der Waals surface area contributed by atoms with Crippen molar-refractivity contribution in [3.63, 3.8) is 0 Å². The van der Waals surface area contributed by atoms with Crippen LogP contribution in [0.25, 0.3) is 10.4 Å². The quantitative estimate of drug-likeness (QED) is 0.194. The number of benzene rings is 1.